The maximum Gasteiger partial charge on any atom is 0.251 e. The molecule has 18 heavy (non-hydrogen) atoms. The van der Waals surface area contributed by atoms with Crippen molar-refractivity contribution in [2.45, 2.75) is 32.7 Å². The van der Waals surface area contributed by atoms with E-state index in [4.69, 9.17) is 5.73 Å². The number of carbonyl (C=O) groups is 1. The lowest BCUT2D eigenvalue weighted by atomic mass is 10.2. The van der Waals surface area contributed by atoms with Gasteiger partial charge in [0.05, 0.1) is 0 Å². The maximum atomic E-state index is 11.9. The topological polar surface area (TPSA) is 68.3 Å². The second-order valence-corrected chi connectivity index (χ2v) is 4.45. The fraction of sp³-hybridized carbons (Fsp3) is 0.538. The second-order valence-electron chi connectivity index (χ2n) is 4.45. The minimum absolute atomic E-state index is 0.0481. The lowest BCUT2D eigenvalue weighted by Gasteiger charge is -2.17. The van der Waals surface area contributed by atoms with E-state index in [1.807, 2.05) is 0 Å². The molecule has 1 aromatic rings. The molecule has 0 aliphatic heterocycles. The summed E-state index contributed by atoms with van der Waals surface area (Å²) in [5.41, 5.74) is 5.87. The predicted molar refractivity (Wildman–Crippen MR) is 72.3 cm³/mol. The van der Waals surface area contributed by atoms with Crippen molar-refractivity contribution in [1.82, 2.24) is 9.47 Å². The van der Waals surface area contributed by atoms with Crippen LogP contribution in [0.2, 0.25) is 0 Å². The molecule has 0 atom stereocenters. The van der Waals surface area contributed by atoms with Crippen LogP contribution in [0.25, 0.3) is 0 Å². The highest BCUT2D eigenvalue weighted by Gasteiger charge is 2.09. The Hall–Kier alpha value is -1.78. The SMILES string of the molecule is CCCCCN(C)C(=O)Cn1cc(N)ccc1=O. The van der Waals surface area contributed by atoms with Crippen LogP contribution in [-0.2, 0) is 11.3 Å². The molecule has 0 radical (unpaired) electrons. The molecule has 2 N–H and O–H groups in total. The Morgan fingerprint density at radius 1 is 1.39 bits per heavy atom. The second kappa shape index (κ2) is 6.83. The zero-order valence-electron chi connectivity index (χ0n) is 11.1. The number of hydrogen-bond acceptors (Lipinski definition) is 3. The number of hydrogen-bond donors (Lipinski definition) is 1. The highest BCUT2D eigenvalue weighted by atomic mass is 16.2. The summed E-state index contributed by atoms with van der Waals surface area (Å²) in [4.78, 5) is 25.1. The van der Waals surface area contributed by atoms with Gasteiger partial charge in [-0.15, -0.1) is 0 Å². The Kier molecular flexibility index (Phi) is 5.42. The molecule has 0 spiro atoms. The number of likely N-dealkylation sites (N-methyl/N-ethyl adjacent to an activating group) is 1. The van der Waals surface area contributed by atoms with E-state index in [1.165, 1.54) is 22.9 Å². The van der Waals surface area contributed by atoms with E-state index in [2.05, 4.69) is 6.92 Å². The molecule has 0 unspecified atom stereocenters. The highest BCUT2D eigenvalue weighted by Crippen LogP contribution is 1.99. The van der Waals surface area contributed by atoms with Gasteiger partial charge < -0.3 is 15.2 Å². The average molecular weight is 251 g/mol. The Bertz CT molecular complexity index is 454. The van der Waals surface area contributed by atoms with Crippen molar-refractivity contribution in [3.63, 3.8) is 0 Å². The standard InChI is InChI=1S/C13H21N3O2/c1-3-4-5-8-15(2)13(18)10-16-9-11(14)6-7-12(16)17/h6-7,9H,3-5,8,10,14H2,1-2H3. The lowest BCUT2D eigenvalue weighted by Crippen LogP contribution is -2.34. The van der Waals surface area contributed by atoms with Crippen molar-refractivity contribution < 1.29 is 4.79 Å². The van der Waals surface area contributed by atoms with Crippen LogP contribution in [0.15, 0.2) is 23.1 Å². The molecular weight excluding hydrogens is 230 g/mol. The molecule has 100 valence electrons. The molecule has 1 amide bonds. The number of rotatable bonds is 6. The van der Waals surface area contributed by atoms with Crippen LogP contribution in [0.1, 0.15) is 26.2 Å². The number of pyridine rings is 1. The van der Waals surface area contributed by atoms with E-state index in [-0.39, 0.29) is 18.0 Å². The summed E-state index contributed by atoms with van der Waals surface area (Å²) >= 11 is 0. The summed E-state index contributed by atoms with van der Waals surface area (Å²) < 4.78 is 1.34. The van der Waals surface area contributed by atoms with Gasteiger partial charge in [-0.25, -0.2) is 0 Å². The molecule has 0 aliphatic rings. The molecule has 5 heteroatoms. The van der Waals surface area contributed by atoms with Gasteiger partial charge in [0.1, 0.15) is 6.54 Å². The van der Waals surface area contributed by atoms with E-state index >= 15 is 0 Å². The molecule has 0 saturated carbocycles. The summed E-state index contributed by atoms with van der Waals surface area (Å²) in [5, 5.41) is 0. The number of unbranched alkanes of at least 4 members (excludes halogenated alkanes) is 2. The monoisotopic (exact) mass is 251 g/mol. The number of aromatic nitrogens is 1. The van der Waals surface area contributed by atoms with Crippen LogP contribution >= 0.6 is 0 Å². The molecule has 5 nitrogen and oxygen atoms in total. The number of nitrogens with two attached hydrogens (primary N) is 1. The van der Waals surface area contributed by atoms with Gasteiger partial charge >= 0.3 is 0 Å². The van der Waals surface area contributed by atoms with Crippen LogP contribution < -0.4 is 11.3 Å². The first-order valence-electron chi connectivity index (χ1n) is 6.24. The molecule has 1 heterocycles. The minimum atomic E-state index is -0.209. The number of amides is 1. The van der Waals surface area contributed by atoms with Crippen LogP contribution in [0.4, 0.5) is 5.69 Å². The van der Waals surface area contributed by atoms with Gasteiger partial charge in [-0.1, -0.05) is 19.8 Å². The smallest absolute Gasteiger partial charge is 0.251 e. The largest absolute Gasteiger partial charge is 0.398 e. The zero-order chi connectivity index (χ0) is 13.5. The van der Waals surface area contributed by atoms with E-state index in [0.717, 1.165) is 25.8 Å². The highest BCUT2D eigenvalue weighted by molar-refractivity contribution is 5.75. The molecule has 0 bridgehead atoms. The summed E-state index contributed by atoms with van der Waals surface area (Å²) in [6, 6.07) is 2.91. The first-order chi connectivity index (χ1) is 8.54. The number of nitrogen functional groups attached to an aromatic ring is 1. The van der Waals surface area contributed by atoms with E-state index in [1.54, 1.807) is 11.9 Å². The summed E-state index contributed by atoms with van der Waals surface area (Å²) in [5.74, 6) is -0.0706. The Morgan fingerprint density at radius 2 is 2.11 bits per heavy atom. The number of carbonyl (C=O) groups excluding carboxylic acids is 1. The first-order valence-corrected chi connectivity index (χ1v) is 6.24. The van der Waals surface area contributed by atoms with Gasteiger partial charge in [0.2, 0.25) is 5.91 Å². The van der Waals surface area contributed by atoms with Crippen LogP contribution in [0.5, 0.6) is 0 Å². The third kappa shape index (κ3) is 4.24. The van der Waals surface area contributed by atoms with Crippen molar-refractivity contribution in [2.75, 3.05) is 19.3 Å². The third-order valence-electron chi connectivity index (χ3n) is 2.83. The van der Waals surface area contributed by atoms with Gasteiger partial charge in [0.15, 0.2) is 0 Å². The lowest BCUT2D eigenvalue weighted by molar-refractivity contribution is -0.130. The van der Waals surface area contributed by atoms with Gasteiger partial charge in [-0.2, -0.15) is 0 Å². The normalized spacial score (nSPS) is 10.3. The fourth-order valence-corrected chi connectivity index (χ4v) is 1.66. The Labute approximate surface area is 107 Å². The van der Waals surface area contributed by atoms with Crippen LogP contribution in [0.3, 0.4) is 0 Å². The summed E-state index contributed by atoms with van der Waals surface area (Å²) in [7, 11) is 1.76. The quantitative estimate of drug-likeness (QED) is 0.769. The van der Waals surface area contributed by atoms with Crippen molar-refractivity contribution in [3.05, 3.63) is 28.7 Å². The van der Waals surface area contributed by atoms with Crippen LogP contribution in [-0.4, -0.2) is 29.0 Å². The number of anilines is 1. The van der Waals surface area contributed by atoms with Gasteiger partial charge in [0, 0.05) is 31.5 Å². The summed E-state index contributed by atoms with van der Waals surface area (Å²) in [6.45, 7) is 2.89. The average Bonchev–Trinajstić information content (AvgIpc) is 2.34. The maximum absolute atomic E-state index is 11.9. The molecule has 0 fully saturated rings. The van der Waals surface area contributed by atoms with Crippen molar-refractivity contribution in [1.29, 1.82) is 0 Å². The minimum Gasteiger partial charge on any atom is -0.398 e. The van der Waals surface area contributed by atoms with Crippen molar-refractivity contribution in [3.8, 4) is 0 Å². The predicted octanol–water partition coefficient (Wildman–Crippen LogP) is 1.08. The molecular formula is C13H21N3O2. The van der Waals surface area contributed by atoms with Gasteiger partial charge in [-0.05, 0) is 12.5 Å². The summed E-state index contributed by atoms with van der Waals surface area (Å²) in [6.07, 6.45) is 4.72. The van der Waals surface area contributed by atoms with E-state index < -0.39 is 0 Å². The van der Waals surface area contributed by atoms with Gasteiger partial charge in [0.25, 0.3) is 5.56 Å². The van der Waals surface area contributed by atoms with Gasteiger partial charge in [-0.3, -0.25) is 9.59 Å². The molecule has 1 rings (SSSR count). The third-order valence-corrected chi connectivity index (χ3v) is 2.83. The fourth-order valence-electron chi connectivity index (χ4n) is 1.66. The van der Waals surface area contributed by atoms with Crippen molar-refractivity contribution >= 4 is 11.6 Å². The Morgan fingerprint density at radius 3 is 2.78 bits per heavy atom. The molecule has 1 aromatic heterocycles. The van der Waals surface area contributed by atoms with Crippen LogP contribution in [0, 0.1) is 0 Å². The molecule has 0 aliphatic carbocycles. The van der Waals surface area contributed by atoms with Crippen molar-refractivity contribution in [2.24, 2.45) is 0 Å². The van der Waals surface area contributed by atoms with E-state index in [9.17, 15) is 9.59 Å². The zero-order valence-corrected chi connectivity index (χ0v) is 11.1. The first kappa shape index (κ1) is 14.3. The number of nitrogens with zero attached hydrogens (tertiary/aromatic N) is 2. The molecule has 0 saturated heterocycles. The Balaban J connectivity index is 2.58. The van der Waals surface area contributed by atoms with E-state index in [0.29, 0.717) is 5.69 Å². The molecule has 0 aromatic carbocycles.